The molecule has 1 atom stereocenters. The molecule has 1 aromatic rings. The highest BCUT2D eigenvalue weighted by atomic mass is 16.5. The summed E-state index contributed by atoms with van der Waals surface area (Å²) in [5, 5.41) is 0. The molecule has 1 unspecified atom stereocenters. The molecule has 0 heterocycles. The van der Waals surface area contributed by atoms with Crippen LogP contribution in [0.15, 0.2) is 36.9 Å². The van der Waals surface area contributed by atoms with Gasteiger partial charge in [-0.2, -0.15) is 0 Å². The van der Waals surface area contributed by atoms with Gasteiger partial charge in [0.05, 0.1) is 20.1 Å². The van der Waals surface area contributed by atoms with Crippen molar-refractivity contribution in [3.8, 4) is 11.5 Å². The Bertz CT molecular complexity index is 544. The fourth-order valence-corrected chi connectivity index (χ4v) is 2.01. The van der Waals surface area contributed by atoms with Gasteiger partial charge in [-0.25, -0.2) is 0 Å². The van der Waals surface area contributed by atoms with E-state index < -0.39 is 5.92 Å². The van der Waals surface area contributed by atoms with Crippen molar-refractivity contribution in [3.63, 3.8) is 0 Å². The van der Waals surface area contributed by atoms with Crippen LogP contribution in [-0.2, 0) is 14.3 Å². The summed E-state index contributed by atoms with van der Waals surface area (Å²) >= 11 is 0. The Morgan fingerprint density at radius 2 is 1.91 bits per heavy atom. The minimum Gasteiger partial charge on any atom is -0.493 e. The Morgan fingerprint density at radius 1 is 1.26 bits per heavy atom. The third-order valence-electron chi connectivity index (χ3n) is 3.22. The lowest BCUT2D eigenvalue weighted by Gasteiger charge is -2.24. The van der Waals surface area contributed by atoms with Gasteiger partial charge in [0.1, 0.15) is 0 Å². The summed E-state index contributed by atoms with van der Waals surface area (Å²) in [7, 11) is 2.86. The number of nitrogens with zero attached hydrogens (tertiary/aromatic N) is 1. The van der Waals surface area contributed by atoms with Gasteiger partial charge in [0.2, 0.25) is 0 Å². The summed E-state index contributed by atoms with van der Waals surface area (Å²) in [5.74, 6) is 0.0145. The van der Waals surface area contributed by atoms with Crippen LogP contribution in [0.1, 0.15) is 6.92 Å². The highest BCUT2D eigenvalue weighted by Crippen LogP contribution is 2.25. The molecule has 1 aromatic carbocycles. The first-order valence-corrected chi connectivity index (χ1v) is 7.25. The molecule has 6 nitrogen and oxygen atoms in total. The Labute approximate surface area is 136 Å². The van der Waals surface area contributed by atoms with Gasteiger partial charge in [-0.15, -0.1) is 6.58 Å². The molecule has 0 spiro atoms. The zero-order chi connectivity index (χ0) is 17.2. The van der Waals surface area contributed by atoms with E-state index in [1.807, 2.05) is 6.07 Å². The minimum absolute atomic E-state index is 0.151. The quantitative estimate of drug-likeness (QED) is 0.513. The van der Waals surface area contributed by atoms with Gasteiger partial charge < -0.3 is 19.1 Å². The first-order chi connectivity index (χ1) is 11.0. The number of ether oxygens (including phenoxy) is 3. The number of amides is 1. The van der Waals surface area contributed by atoms with E-state index in [0.717, 1.165) is 0 Å². The second-order valence-electron chi connectivity index (χ2n) is 4.95. The second-order valence-corrected chi connectivity index (χ2v) is 4.95. The monoisotopic (exact) mass is 321 g/mol. The van der Waals surface area contributed by atoms with Gasteiger partial charge >= 0.3 is 5.97 Å². The molecule has 0 saturated heterocycles. The molecule has 0 radical (unpaired) electrons. The van der Waals surface area contributed by atoms with Crippen molar-refractivity contribution in [1.82, 2.24) is 4.90 Å². The molecule has 0 saturated carbocycles. The Balaban J connectivity index is 2.67. The van der Waals surface area contributed by atoms with Crippen molar-refractivity contribution in [1.29, 1.82) is 0 Å². The summed E-state index contributed by atoms with van der Waals surface area (Å²) in [6, 6.07) is 7.08. The Kier molecular flexibility index (Phi) is 7.66. The fraction of sp³-hybridized carbons (Fsp3) is 0.412. The molecule has 0 aliphatic heterocycles. The van der Waals surface area contributed by atoms with Crippen molar-refractivity contribution in [2.24, 2.45) is 5.92 Å². The van der Waals surface area contributed by atoms with Gasteiger partial charge in [0.25, 0.3) is 5.91 Å². The molecule has 0 fully saturated rings. The van der Waals surface area contributed by atoms with Crippen LogP contribution in [0.25, 0.3) is 0 Å². The predicted molar refractivity (Wildman–Crippen MR) is 86.4 cm³/mol. The molecule has 0 bridgehead atoms. The molecule has 0 aromatic heterocycles. The maximum atomic E-state index is 12.3. The van der Waals surface area contributed by atoms with Crippen LogP contribution in [0.2, 0.25) is 0 Å². The van der Waals surface area contributed by atoms with Gasteiger partial charge in [0, 0.05) is 13.1 Å². The molecule has 6 heteroatoms. The van der Waals surface area contributed by atoms with Crippen LogP contribution >= 0.6 is 0 Å². The van der Waals surface area contributed by atoms with Crippen LogP contribution in [0.5, 0.6) is 11.5 Å². The highest BCUT2D eigenvalue weighted by Gasteiger charge is 2.21. The van der Waals surface area contributed by atoms with Crippen molar-refractivity contribution in [2.75, 3.05) is 33.9 Å². The lowest BCUT2D eigenvalue weighted by molar-refractivity contribution is -0.146. The lowest BCUT2D eigenvalue weighted by Crippen LogP contribution is -2.40. The summed E-state index contributed by atoms with van der Waals surface area (Å²) in [4.78, 5) is 25.3. The molecule has 0 N–H and O–H groups in total. The average molecular weight is 321 g/mol. The largest absolute Gasteiger partial charge is 0.493 e. The Morgan fingerprint density at radius 3 is 2.48 bits per heavy atom. The maximum Gasteiger partial charge on any atom is 0.310 e. The standard InChI is InChI=1S/C17H23NO5/c1-5-10-18(11-13(2)17(20)22-4)16(19)12-23-15-9-7-6-8-14(15)21-3/h5-9,13H,1,10-12H2,2-4H3. The van der Waals surface area contributed by atoms with E-state index in [2.05, 4.69) is 11.3 Å². The number of hydrogen-bond acceptors (Lipinski definition) is 5. The highest BCUT2D eigenvalue weighted by molar-refractivity contribution is 5.79. The van der Waals surface area contributed by atoms with E-state index in [4.69, 9.17) is 9.47 Å². The SMILES string of the molecule is C=CCN(CC(C)C(=O)OC)C(=O)COc1ccccc1OC. The summed E-state index contributed by atoms with van der Waals surface area (Å²) < 4.78 is 15.4. The number of benzene rings is 1. The first kappa shape index (κ1) is 18.5. The molecule has 0 aliphatic rings. The number of hydrogen-bond donors (Lipinski definition) is 0. The van der Waals surface area contributed by atoms with E-state index in [-0.39, 0.29) is 25.0 Å². The van der Waals surface area contributed by atoms with Crippen molar-refractivity contribution in [3.05, 3.63) is 36.9 Å². The smallest absolute Gasteiger partial charge is 0.310 e. The van der Waals surface area contributed by atoms with Crippen LogP contribution in [0, 0.1) is 5.92 Å². The van der Waals surface area contributed by atoms with Crippen molar-refractivity contribution < 1.29 is 23.8 Å². The average Bonchev–Trinajstić information content (AvgIpc) is 2.58. The Hall–Kier alpha value is -2.50. The van der Waals surface area contributed by atoms with Gasteiger partial charge in [-0.3, -0.25) is 9.59 Å². The molecule has 0 aliphatic carbocycles. The van der Waals surface area contributed by atoms with Crippen LogP contribution in [-0.4, -0.2) is 50.7 Å². The van der Waals surface area contributed by atoms with Crippen LogP contribution in [0.3, 0.4) is 0 Å². The van der Waals surface area contributed by atoms with E-state index >= 15 is 0 Å². The molecule has 126 valence electrons. The third-order valence-corrected chi connectivity index (χ3v) is 3.22. The van der Waals surface area contributed by atoms with E-state index in [1.54, 1.807) is 31.2 Å². The minimum atomic E-state index is -0.421. The number of rotatable bonds is 9. The zero-order valence-electron chi connectivity index (χ0n) is 13.8. The second kappa shape index (κ2) is 9.50. The molecular formula is C17H23NO5. The molecular weight excluding hydrogens is 298 g/mol. The number of esters is 1. The fourth-order valence-electron chi connectivity index (χ4n) is 2.01. The van der Waals surface area contributed by atoms with Crippen molar-refractivity contribution in [2.45, 2.75) is 6.92 Å². The van der Waals surface area contributed by atoms with Gasteiger partial charge in [0.15, 0.2) is 18.1 Å². The number of methoxy groups -OCH3 is 2. The molecule has 1 amide bonds. The van der Waals surface area contributed by atoms with Crippen LogP contribution in [0.4, 0.5) is 0 Å². The number of carbonyl (C=O) groups excluding carboxylic acids is 2. The van der Waals surface area contributed by atoms with Gasteiger partial charge in [-0.05, 0) is 12.1 Å². The maximum absolute atomic E-state index is 12.3. The molecule has 23 heavy (non-hydrogen) atoms. The predicted octanol–water partition coefficient (Wildman–Crippen LogP) is 1.90. The van der Waals surface area contributed by atoms with E-state index in [0.29, 0.717) is 18.0 Å². The summed E-state index contributed by atoms with van der Waals surface area (Å²) in [6.07, 6.45) is 1.60. The van der Waals surface area contributed by atoms with Crippen LogP contribution < -0.4 is 9.47 Å². The number of para-hydroxylation sites is 2. The third kappa shape index (κ3) is 5.65. The topological polar surface area (TPSA) is 65.1 Å². The van der Waals surface area contributed by atoms with E-state index in [1.165, 1.54) is 19.1 Å². The van der Waals surface area contributed by atoms with Crippen molar-refractivity contribution >= 4 is 11.9 Å². The zero-order valence-corrected chi connectivity index (χ0v) is 13.8. The normalized spacial score (nSPS) is 11.3. The summed E-state index contributed by atoms with van der Waals surface area (Å²) in [6.45, 7) is 5.76. The lowest BCUT2D eigenvalue weighted by atomic mass is 10.1. The summed E-state index contributed by atoms with van der Waals surface area (Å²) in [5.41, 5.74) is 0. The molecule has 1 rings (SSSR count). The van der Waals surface area contributed by atoms with E-state index in [9.17, 15) is 9.59 Å². The van der Waals surface area contributed by atoms with Gasteiger partial charge in [-0.1, -0.05) is 25.1 Å². The first-order valence-electron chi connectivity index (χ1n) is 7.25. The number of carbonyl (C=O) groups is 2.